The maximum atomic E-state index is 3.73. The van der Waals surface area contributed by atoms with Crippen molar-refractivity contribution in [3.8, 4) is 0 Å². The molecule has 1 nitrogen and oxygen atoms in total. The third-order valence-electron chi connectivity index (χ3n) is 4.46. The Bertz CT molecular complexity index is 542. The van der Waals surface area contributed by atoms with E-state index >= 15 is 0 Å². The van der Waals surface area contributed by atoms with E-state index in [2.05, 4.69) is 53.3 Å². The van der Waals surface area contributed by atoms with Gasteiger partial charge in [0.2, 0.25) is 0 Å². The molecule has 0 amide bonds. The Hall–Kier alpha value is -1.12. The van der Waals surface area contributed by atoms with Gasteiger partial charge in [-0.15, -0.1) is 0 Å². The van der Waals surface area contributed by atoms with Crippen molar-refractivity contribution in [2.75, 3.05) is 6.54 Å². The monoisotopic (exact) mass is 299 g/mol. The van der Waals surface area contributed by atoms with Gasteiger partial charge in [0, 0.05) is 6.04 Å². The molecule has 1 aromatic carbocycles. The Kier molecular flexibility index (Phi) is 5.10. The third kappa shape index (κ3) is 4.69. The maximum Gasteiger partial charge on any atom is 0.00683 e. The molecule has 0 bridgehead atoms. The highest BCUT2D eigenvalue weighted by molar-refractivity contribution is 7.07. The van der Waals surface area contributed by atoms with Crippen LogP contribution in [0.4, 0.5) is 0 Å². The molecule has 1 fully saturated rings. The van der Waals surface area contributed by atoms with Crippen LogP contribution in [0.1, 0.15) is 36.0 Å². The zero-order valence-corrected chi connectivity index (χ0v) is 13.7. The fourth-order valence-electron chi connectivity index (χ4n) is 2.85. The molecule has 1 unspecified atom stereocenters. The van der Waals surface area contributed by atoms with Crippen LogP contribution in [0, 0.1) is 12.8 Å². The highest BCUT2D eigenvalue weighted by Crippen LogP contribution is 2.22. The van der Waals surface area contributed by atoms with Gasteiger partial charge in [-0.3, -0.25) is 0 Å². The minimum atomic E-state index is 0.742. The Labute approximate surface area is 132 Å². The molecule has 0 saturated heterocycles. The fourth-order valence-corrected chi connectivity index (χ4v) is 3.56. The smallest absolute Gasteiger partial charge is 0.00683 e. The first-order valence-corrected chi connectivity index (χ1v) is 9.04. The van der Waals surface area contributed by atoms with Gasteiger partial charge in [0.25, 0.3) is 0 Å². The van der Waals surface area contributed by atoms with Gasteiger partial charge in [0.1, 0.15) is 0 Å². The summed E-state index contributed by atoms with van der Waals surface area (Å²) in [5.41, 5.74) is 4.45. The molecule has 1 heterocycles. The predicted octanol–water partition coefficient (Wildman–Crippen LogP) is 4.60. The van der Waals surface area contributed by atoms with Gasteiger partial charge in [0.15, 0.2) is 0 Å². The van der Waals surface area contributed by atoms with Gasteiger partial charge in [-0.1, -0.05) is 24.3 Å². The van der Waals surface area contributed by atoms with Crippen molar-refractivity contribution in [2.45, 2.75) is 45.1 Å². The first-order chi connectivity index (χ1) is 10.3. The minimum Gasteiger partial charge on any atom is -0.314 e. The first-order valence-electron chi connectivity index (χ1n) is 8.10. The van der Waals surface area contributed by atoms with E-state index in [4.69, 9.17) is 0 Å². The topological polar surface area (TPSA) is 12.0 Å². The van der Waals surface area contributed by atoms with Crippen molar-refractivity contribution in [1.29, 1.82) is 0 Å². The van der Waals surface area contributed by atoms with Gasteiger partial charge in [-0.05, 0) is 85.0 Å². The van der Waals surface area contributed by atoms with E-state index < -0.39 is 0 Å². The molecule has 2 heteroatoms. The summed E-state index contributed by atoms with van der Waals surface area (Å²) in [6.07, 6.45) is 6.46. The molecular weight excluding hydrogens is 274 g/mol. The Balaban J connectivity index is 1.58. The number of aryl methyl sites for hydroxylation is 2. The minimum absolute atomic E-state index is 0.742. The normalized spacial score (nSPS) is 16.0. The van der Waals surface area contributed by atoms with E-state index in [9.17, 15) is 0 Å². The van der Waals surface area contributed by atoms with Crippen LogP contribution < -0.4 is 5.32 Å². The summed E-state index contributed by atoms with van der Waals surface area (Å²) < 4.78 is 0. The summed E-state index contributed by atoms with van der Waals surface area (Å²) in [4.78, 5) is 0. The second-order valence-electron chi connectivity index (χ2n) is 6.35. The van der Waals surface area contributed by atoms with Crippen LogP contribution in [0.2, 0.25) is 0 Å². The van der Waals surface area contributed by atoms with Crippen molar-refractivity contribution in [3.05, 3.63) is 57.8 Å². The molecule has 1 N–H and O–H groups in total. The van der Waals surface area contributed by atoms with Gasteiger partial charge < -0.3 is 5.32 Å². The molecule has 0 spiro atoms. The molecule has 112 valence electrons. The lowest BCUT2D eigenvalue weighted by molar-refractivity contribution is 0.441. The number of rotatable bonds is 8. The standard InChI is InChI=1S/C19H25NS/c1-15-4-2-3-5-18(15)12-17(13-20-19-8-9-19)7-6-16-10-11-21-14-16/h2-5,10-11,14,17,19-20H,6-9,12-13H2,1H3. The molecule has 0 aliphatic heterocycles. The van der Waals surface area contributed by atoms with E-state index in [0.717, 1.165) is 12.0 Å². The van der Waals surface area contributed by atoms with Crippen LogP contribution in [0.15, 0.2) is 41.1 Å². The van der Waals surface area contributed by atoms with Crippen molar-refractivity contribution < 1.29 is 0 Å². The van der Waals surface area contributed by atoms with E-state index in [0.29, 0.717) is 0 Å². The van der Waals surface area contributed by atoms with Crippen LogP contribution in [0.25, 0.3) is 0 Å². The molecule has 1 atom stereocenters. The zero-order valence-electron chi connectivity index (χ0n) is 12.8. The van der Waals surface area contributed by atoms with Crippen LogP contribution in [0.3, 0.4) is 0 Å². The van der Waals surface area contributed by atoms with Crippen molar-refractivity contribution >= 4 is 11.3 Å². The summed E-state index contributed by atoms with van der Waals surface area (Å²) in [7, 11) is 0. The number of hydrogen-bond acceptors (Lipinski definition) is 2. The van der Waals surface area contributed by atoms with Crippen molar-refractivity contribution in [3.63, 3.8) is 0 Å². The average Bonchev–Trinajstić information content (AvgIpc) is 3.18. The largest absolute Gasteiger partial charge is 0.314 e. The van der Waals surface area contributed by atoms with Gasteiger partial charge in [-0.25, -0.2) is 0 Å². The quantitative estimate of drug-likeness (QED) is 0.751. The second kappa shape index (κ2) is 7.24. The van der Waals surface area contributed by atoms with Crippen LogP contribution in [-0.4, -0.2) is 12.6 Å². The van der Waals surface area contributed by atoms with Crippen molar-refractivity contribution in [1.82, 2.24) is 5.32 Å². The van der Waals surface area contributed by atoms with E-state index in [-0.39, 0.29) is 0 Å². The van der Waals surface area contributed by atoms with Gasteiger partial charge in [0.05, 0.1) is 0 Å². The highest BCUT2D eigenvalue weighted by atomic mass is 32.1. The third-order valence-corrected chi connectivity index (χ3v) is 5.20. The molecule has 0 radical (unpaired) electrons. The molecule has 1 saturated carbocycles. The van der Waals surface area contributed by atoms with Crippen LogP contribution in [-0.2, 0) is 12.8 Å². The molecular formula is C19H25NS. The first kappa shape index (κ1) is 14.8. The van der Waals surface area contributed by atoms with E-state index in [1.807, 2.05) is 11.3 Å². The Morgan fingerprint density at radius 1 is 1.24 bits per heavy atom. The predicted molar refractivity (Wildman–Crippen MR) is 92.0 cm³/mol. The van der Waals surface area contributed by atoms with Crippen molar-refractivity contribution in [2.24, 2.45) is 5.92 Å². The van der Waals surface area contributed by atoms with Crippen LogP contribution >= 0.6 is 11.3 Å². The molecule has 1 aromatic heterocycles. The zero-order chi connectivity index (χ0) is 14.5. The molecule has 1 aliphatic rings. The maximum absolute atomic E-state index is 3.73. The average molecular weight is 299 g/mol. The number of nitrogens with one attached hydrogen (secondary N) is 1. The fraction of sp³-hybridized carbons (Fsp3) is 0.474. The summed E-state index contributed by atoms with van der Waals surface area (Å²) >= 11 is 1.81. The number of hydrogen-bond donors (Lipinski definition) is 1. The molecule has 21 heavy (non-hydrogen) atoms. The Morgan fingerprint density at radius 2 is 2.10 bits per heavy atom. The number of benzene rings is 1. The highest BCUT2D eigenvalue weighted by Gasteiger charge is 2.22. The molecule has 1 aliphatic carbocycles. The lowest BCUT2D eigenvalue weighted by atomic mass is 9.91. The number of thiophene rings is 1. The molecule has 3 rings (SSSR count). The van der Waals surface area contributed by atoms with E-state index in [1.165, 1.54) is 55.3 Å². The molecule has 2 aromatic rings. The summed E-state index contributed by atoms with van der Waals surface area (Å²) in [5, 5.41) is 8.21. The SMILES string of the molecule is Cc1ccccc1CC(CCc1ccsc1)CNC1CC1. The summed E-state index contributed by atoms with van der Waals surface area (Å²) in [5.74, 6) is 0.742. The van der Waals surface area contributed by atoms with Crippen LogP contribution in [0.5, 0.6) is 0 Å². The summed E-state index contributed by atoms with van der Waals surface area (Å²) in [6, 6.07) is 11.9. The second-order valence-corrected chi connectivity index (χ2v) is 7.13. The Morgan fingerprint density at radius 3 is 2.81 bits per heavy atom. The summed E-state index contributed by atoms with van der Waals surface area (Å²) in [6.45, 7) is 3.41. The lowest BCUT2D eigenvalue weighted by Crippen LogP contribution is -2.26. The van der Waals surface area contributed by atoms with Gasteiger partial charge in [-0.2, -0.15) is 11.3 Å². The lowest BCUT2D eigenvalue weighted by Gasteiger charge is -2.19. The van der Waals surface area contributed by atoms with Gasteiger partial charge >= 0.3 is 0 Å². The van der Waals surface area contributed by atoms with E-state index in [1.54, 1.807) is 0 Å².